The summed E-state index contributed by atoms with van der Waals surface area (Å²) in [4.78, 5) is 3.34. The number of halogens is 2. The fourth-order valence-electron chi connectivity index (χ4n) is 0.675. The molecule has 1 heterocycles. The van der Waals surface area contributed by atoms with Gasteiger partial charge in [-0.2, -0.15) is 0 Å². The first kappa shape index (κ1) is 9.24. The minimum absolute atomic E-state index is 0.0430. The average Bonchev–Trinajstić information content (AvgIpc) is 1.96. The van der Waals surface area contributed by atoms with Crippen LogP contribution in [0.25, 0.3) is 0 Å². The van der Waals surface area contributed by atoms with Crippen LogP contribution in [0.15, 0.2) is 6.07 Å². The Morgan fingerprint density at radius 2 is 2.17 bits per heavy atom. The highest BCUT2D eigenvalue weighted by atomic mass is 35.5. The van der Waals surface area contributed by atoms with Crippen LogP contribution in [0.3, 0.4) is 0 Å². The highest BCUT2D eigenvalue weighted by Gasteiger charge is 2.20. The third kappa shape index (κ3) is 1.66. The molecule has 0 unspecified atom stereocenters. The zero-order valence-electron chi connectivity index (χ0n) is 5.83. The fraction of sp³-hybridized carbons (Fsp3) is 0. The predicted molar refractivity (Wildman–Crippen MR) is 43.4 cm³/mol. The van der Waals surface area contributed by atoms with E-state index in [4.69, 9.17) is 27.4 Å². The molecule has 0 bridgehead atoms. The van der Waals surface area contributed by atoms with Gasteiger partial charge in [-0.25, -0.2) is 9.37 Å². The van der Waals surface area contributed by atoms with Crippen molar-refractivity contribution >= 4 is 30.0 Å². The highest BCUT2D eigenvalue weighted by Crippen LogP contribution is 2.13. The molecule has 0 fully saturated rings. The van der Waals surface area contributed by atoms with Crippen LogP contribution >= 0.6 is 11.6 Å². The van der Waals surface area contributed by atoms with Gasteiger partial charge in [0.25, 0.3) is 0 Å². The number of nitrogens with two attached hydrogens (primary N) is 1. The van der Waals surface area contributed by atoms with Crippen LogP contribution in [0.4, 0.5) is 10.1 Å². The van der Waals surface area contributed by atoms with Crippen molar-refractivity contribution in [3.8, 4) is 0 Å². The molecule has 0 aliphatic carbocycles. The molecule has 0 saturated carbocycles. The molecule has 64 valence electrons. The number of aromatic nitrogens is 1. The molecule has 0 aromatic carbocycles. The van der Waals surface area contributed by atoms with E-state index in [1.54, 1.807) is 0 Å². The minimum atomic E-state index is -1.98. The van der Waals surface area contributed by atoms with E-state index in [1.807, 2.05) is 0 Å². The van der Waals surface area contributed by atoms with E-state index in [9.17, 15) is 4.39 Å². The molecule has 1 rings (SSSR count). The molecule has 4 N–H and O–H groups in total. The summed E-state index contributed by atoms with van der Waals surface area (Å²) in [5.74, 6) is -0.896. The van der Waals surface area contributed by atoms with Crippen LogP contribution in [0.5, 0.6) is 0 Å². The second-order valence-electron chi connectivity index (χ2n) is 2.11. The van der Waals surface area contributed by atoms with Gasteiger partial charge in [-0.1, -0.05) is 11.6 Å². The monoisotopic (exact) mass is 190 g/mol. The minimum Gasteiger partial charge on any atom is -0.422 e. The van der Waals surface area contributed by atoms with Crippen LogP contribution in [-0.4, -0.2) is 22.2 Å². The van der Waals surface area contributed by atoms with Crippen molar-refractivity contribution in [3.05, 3.63) is 17.0 Å². The van der Waals surface area contributed by atoms with Crippen molar-refractivity contribution in [1.82, 2.24) is 4.98 Å². The van der Waals surface area contributed by atoms with Crippen molar-refractivity contribution in [1.29, 1.82) is 0 Å². The molecule has 0 saturated heterocycles. The third-order valence-electron chi connectivity index (χ3n) is 1.23. The van der Waals surface area contributed by atoms with Gasteiger partial charge in [-0.3, -0.25) is 0 Å². The zero-order chi connectivity index (χ0) is 9.30. The Hall–Kier alpha value is -0.845. The standard InChI is InChI=1S/C5H5BClFN2O2/c7-5-3(9)1-2(8)4(10-5)6(11)12/h1,11-12H,9H2. The van der Waals surface area contributed by atoms with E-state index in [-0.39, 0.29) is 10.8 Å². The number of pyridine rings is 1. The molecule has 0 aliphatic rings. The van der Waals surface area contributed by atoms with E-state index in [0.29, 0.717) is 0 Å². The second kappa shape index (κ2) is 3.26. The van der Waals surface area contributed by atoms with Crippen LogP contribution in [-0.2, 0) is 0 Å². The van der Waals surface area contributed by atoms with Gasteiger partial charge in [-0.15, -0.1) is 0 Å². The summed E-state index contributed by atoms with van der Waals surface area (Å²) in [6, 6.07) is 0.879. The quantitative estimate of drug-likeness (QED) is 0.397. The Bertz CT molecular complexity index is 310. The summed E-state index contributed by atoms with van der Waals surface area (Å²) < 4.78 is 12.8. The molecule has 0 aliphatic heterocycles. The first-order valence-corrected chi connectivity index (χ1v) is 3.37. The number of rotatable bonds is 1. The number of nitrogen functional groups attached to an aromatic ring is 1. The molecule has 0 amide bonds. The van der Waals surface area contributed by atoms with Crippen LogP contribution < -0.4 is 11.3 Å². The first-order chi connectivity index (χ1) is 5.52. The summed E-state index contributed by atoms with van der Waals surface area (Å²) in [6.07, 6.45) is 0. The van der Waals surface area contributed by atoms with Crippen LogP contribution in [0, 0.1) is 5.82 Å². The Balaban J connectivity index is 3.23. The third-order valence-corrected chi connectivity index (χ3v) is 1.53. The molecule has 1 aromatic rings. The summed E-state index contributed by atoms with van der Waals surface area (Å²) in [7, 11) is -1.98. The van der Waals surface area contributed by atoms with Crippen molar-refractivity contribution in [2.75, 3.05) is 5.73 Å². The SMILES string of the molecule is Nc1cc(F)c(B(O)O)nc1Cl. The normalized spacial score (nSPS) is 10.0. The summed E-state index contributed by atoms with van der Waals surface area (Å²) in [5.41, 5.74) is 4.62. The molecule has 1 aromatic heterocycles. The molecule has 0 spiro atoms. The van der Waals surface area contributed by atoms with Crippen molar-refractivity contribution in [2.45, 2.75) is 0 Å². The van der Waals surface area contributed by atoms with Crippen LogP contribution in [0.2, 0.25) is 5.15 Å². The van der Waals surface area contributed by atoms with Crippen molar-refractivity contribution in [3.63, 3.8) is 0 Å². The van der Waals surface area contributed by atoms with E-state index in [2.05, 4.69) is 4.98 Å². The van der Waals surface area contributed by atoms with E-state index in [0.717, 1.165) is 6.07 Å². The maximum Gasteiger partial charge on any atom is 0.511 e. The largest absolute Gasteiger partial charge is 0.511 e. The highest BCUT2D eigenvalue weighted by molar-refractivity contribution is 6.57. The lowest BCUT2D eigenvalue weighted by atomic mass is 9.85. The zero-order valence-corrected chi connectivity index (χ0v) is 6.59. The Kier molecular flexibility index (Phi) is 2.51. The van der Waals surface area contributed by atoms with Gasteiger partial charge in [0.15, 0.2) is 5.15 Å². The average molecular weight is 190 g/mol. The summed E-state index contributed by atoms with van der Waals surface area (Å²) >= 11 is 5.40. The number of hydrogen-bond donors (Lipinski definition) is 3. The molecular weight excluding hydrogens is 185 g/mol. The lowest BCUT2D eigenvalue weighted by molar-refractivity contribution is 0.421. The van der Waals surface area contributed by atoms with Crippen molar-refractivity contribution in [2.24, 2.45) is 0 Å². The topological polar surface area (TPSA) is 79.4 Å². The molecule has 0 atom stereocenters. The van der Waals surface area contributed by atoms with Gasteiger partial charge in [0.2, 0.25) is 0 Å². The Morgan fingerprint density at radius 1 is 1.58 bits per heavy atom. The molecule has 12 heavy (non-hydrogen) atoms. The number of hydrogen-bond acceptors (Lipinski definition) is 4. The lowest BCUT2D eigenvalue weighted by Gasteiger charge is -2.02. The van der Waals surface area contributed by atoms with Gasteiger partial charge < -0.3 is 15.8 Å². The van der Waals surface area contributed by atoms with E-state index >= 15 is 0 Å². The fourth-order valence-corrected chi connectivity index (χ4v) is 0.820. The van der Waals surface area contributed by atoms with E-state index < -0.39 is 18.5 Å². The van der Waals surface area contributed by atoms with Crippen LogP contribution in [0.1, 0.15) is 0 Å². The van der Waals surface area contributed by atoms with Gasteiger partial charge in [0.1, 0.15) is 11.4 Å². The van der Waals surface area contributed by atoms with Crippen molar-refractivity contribution < 1.29 is 14.4 Å². The Morgan fingerprint density at radius 3 is 2.67 bits per heavy atom. The summed E-state index contributed by atoms with van der Waals surface area (Å²) in [6.45, 7) is 0. The summed E-state index contributed by atoms with van der Waals surface area (Å²) in [5, 5.41) is 17.0. The number of anilines is 1. The first-order valence-electron chi connectivity index (χ1n) is 3.00. The Labute approximate surface area is 72.9 Å². The van der Waals surface area contributed by atoms with Gasteiger partial charge >= 0.3 is 7.12 Å². The predicted octanol–water partition coefficient (Wildman–Crippen LogP) is -0.864. The van der Waals surface area contributed by atoms with E-state index in [1.165, 1.54) is 0 Å². The molecule has 7 heteroatoms. The van der Waals surface area contributed by atoms with Gasteiger partial charge in [0.05, 0.1) is 5.69 Å². The smallest absolute Gasteiger partial charge is 0.422 e. The second-order valence-corrected chi connectivity index (χ2v) is 2.47. The van der Waals surface area contributed by atoms with Gasteiger partial charge in [0, 0.05) is 6.07 Å². The van der Waals surface area contributed by atoms with Gasteiger partial charge in [-0.05, 0) is 0 Å². The lowest BCUT2D eigenvalue weighted by Crippen LogP contribution is -2.35. The maximum atomic E-state index is 12.8. The number of nitrogens with zero attached hydrogens (tertiary/aromatic N) is 1. The maximum absolute atomic E-state index is 12.8. The molecular formula is C5H5BClFN2O2. The molecule has 4 nitrogen and oxygen atoms in total. The molecule has 0 radical (unpaired) electrons.